The maximum atomic E-state index is 14.6. The van der Waals surface area contributed by atoms with Crippen LogP contribution in [0.15, 0.2) is 69.5 Å². The maximum absolute atomic E-state index is 14.6. The van der Waals surface area contributed by atoms with Crippen molar-refractivity contribution in [1.82, 2.24) is 10.0 Å². The zero-order chi connectivity index (χ0) is 34.0. The van der Waals surface area contributed by atoms with Crippen LogP contribution in [0.5, 0.6) is 0 Å². The summed E-state index contributed by atoms with van der Waals surface area (Å²) in [6, 6.07) is 7.06. The molecule has 1 saturated heterocycles. The SMILES string of the molecule is O=C1[C@H]2N=NN(CC(=O)N3N=C4/C(=C/c5ccc(F)cc5)CCC[C@H]4[C@H]3c3ccc(F)cc3)[C@H]2C(=O)N1c1c(F)c(F)c(F)c(F)c1F. The van der Waals surface area contributed by atoms with Gasteiger partial charge in [0.1, 0.15) is 23.9 Å². The fourth-order valence-electron chi connectivity index (χ4n) is 6.54. The minimum atomic E-state index is -2.47. The molecule has 0 N–H and O–H groups in total. The number of rotatable bonds is 5. The molecule has 9 nitrogen and oxygen atoms in total. The van der Waals surface area contributed by atoms with Crippen molar-refractivity contribution in [2.24, 2.45) is 21.4 Å². The van der Waals surface area contributed by atoms with Crippen molar-refractivity contribution in [1.29, 1.82) is 0 Å². The summed E-state index contributed by atoms with van der Waals surface area (Å²) in [5, 5.41) is 14.0. The second kappa shape index (κ2) is 11.7. The number of hydrogen-bond donors (Lipinski definition) is 0. The van der Waals surface area contributed by atoms with E-state index in [1.54, 1.807) is 12.1 Å². The first-order valence-corrected chi connectivity index (χ1v) is 14.7. The molecule has 3 aromatic rings. The Kier molecular flexibility index (Phi) is 7.59. The van der Waals surface area contributed by atoms with Gasteiger partial charge in [0.15, 0.2) is 35.4 Å². The van der Waals surface area contributed by atoms with Crippen molar-refractivity contribution in [3.63, 3.8) is 0 Å². The van der Waals surface area contributed by atoms with Crippen molar-refractivity contribution >= 4 is 35.2 Å². The van der Waals surface area contributed by atoms with E-state index >= 15 is 0 Å². The molecule has 246 valence electrons. The smallest absolute Gasteiger partial charge is 0.264 e. The lowest BCUT2D eigenvalue weighted by molar-refractivity contribution is -0.136. The predicted molar refractivity (Wildman–Crippen MR) is 153 cm³/mol. The van der Waals surface area contributed by atoms with Gasteiger partial charge in [0.2, 0.25) is 5.82 Å². The highest BCUT2D eigenvalue weighted by molar-refractivity contribution is 6.25. The molecule has 4 atom stereocenters. The molecule has 0 bridgehead atoms. The Morgan fingerprint density at radius 2 is 1.40 bits per heavy atom. The fourth-order valence-corrected chi connectivity index (χ4v) is 6.54. The Morgan fingerprint density at radius 1 is 0.792 bits per heavy atom. The third-order valence-electron chi connectivity index (χ3n) is 8.74. The Labute approximate surface area is 266 Å². The second-order valence-corrected chi connectivity index (χ2v) is 11.6. The Morgan fingerprint density at radius 3 is 2.04 bits per heavy atom. The van der Waals surface area contributed by atoms with E-state index in [4.69, 9.17) is 0 Å². The molecule has 0 spiro atoms. The van der Waals surface area contributed by atoms with Crippen LogP contribution in [-0.4, -0.2) is 52.1 Å². The van der Waals surface area contributed by atoms with Crippen LogP contribution in [0.1, 0.15) is 36.4 Å². The molecule has 0 aromatic heterocycles. The summed E-state index contributed by atoms with van der Waals surface area (Å²) in [5.41, 5.74) is 0.838. The highest BCUT2D eigenvalue weighted by Gasteiger charge is 2.57. The number of amides is 3. The summed E-state index contributed by atoms with van der Waals surface area (Å²) < 4.78 is 98.1. The number of fused-ring (bicyclic) bond motifs is 2. The number of halogens is 7. The minimum Gasteiger partial charge on any atom is -0.271 e. The van der Waals surface area contributed by atoms with Crippen LogP contribution in [0, 0.1) is 46.6 Å². The highest BCUT2D eigenvalue weighted by atomic mass is 19.2. The number of nitrogens with zero attached hydrogens (tertiary/aromatic N) is 6. The lowest BCUT2D eigenvalue weighted by Crippen LogP contribution is -2.45. The lowest BCUT2D eigenvalue weighted by atomic mass is 9.77. The first-order valence-electron chi connectivity index (χ1n) is 14.7. The zero-order valence-electron chi connectivity index (χ0n) is 24.4. The summed E-state index contributed by atoms with van der Waals surface area (Å²) in [4.78, 5) is 40.1. The monoisotopic (exact) mass is 670 g/mol. The summed E-state index contributed by atoms with van der Waals surface area (Å²) in [7, 11) is 0. The molecular formula is C32H21F7N6O3. The van der Waals surface area contributed by atoms with Crippen LogP contribution in [0.4, 0.5) is 36.4 Å². The van der Waals surface area contributed by atoms with Crippen LogP contribution in [0.3, 0.4) is 0 Å². The van der Waals surface area contributed by atoms with Gasteiger partial charge in [0.25, 0.3) is 17.7 Å². The van der Waals surface area contributed by atoms with E-state index in [9.17, 15) is 45.1 Å². The Balaban J connectivity index is 1.20. The summed E-state index contributed by atoms with van der Waals surface area (Å²) >= 11 is 0. The van der Waals surface area contributed by atoms with Gasteiger partial charge >= 0.3 is 0 Å². The van der Waals surface area contributed by atoms with Crippen LogP contribution in [0.25, 0.3) is 6.08 Å². The van der Waals surface area contributed by atoms with Crippen molar-refractivity contribution in [2.75, 3.05) is 11.4 Å². The number of carbonyl (C=O) groups is 3. The Bertz CT molecular complexity index is 1940. The van der Waals surface area contributed by atoms with Crippen LogP contribution >= 0.6 is 0 Å². The second-order valence-electron chi connectivity index (χ2n) is 11.6. The number of anilines is 1. The highest BCUT2D eigenvalue weighted by Crippen LogP contribution is 2.45. The summed E-state index contributed by atoms with van der Waals surface area (Å²) in [6.45, 7) is -0.729. The molecule has 4 aliphatic rings. The normalized spacial score (nSPS) is 24.1. The van der Waals surface area contributed by atoms with Gasteiger partial charge in [0.05, 0.1) is 11.8 Å². The van der Waals surface area contributed by atoms with Gasteiger partial charge in [-0.3, -0.25) is 19.4 Å². The number of imide groups is 1. The standard InChI is InChI=1S/C32H21F7N6O3/c33-17-8-4-14(5-9-17)12-16-2-1-3-19-26(16)41-45(28(19)15-6-10-18(34)11-7-15)20(46)13-43-30-27(40-42-43)31(47)44(32(30)48)29-24(38)22(36)21(35)23(37)25(29)39/h4-12,19,27-28,30H,1-3,13H2/b16-12+/t19-,27+,28-,30-/m1/s1. The molecule has 1 aliphatic carbocycles. The number of hydrazone groups is 1. The molecule has 2 fully saturated rings. The van der Waals surface area contributed by atoms with Crippen molar-refractivity contribution in [3.8, 4) is 0 Å². The van der Waals surface area contributed by atoms with E-state index < -0.39 is 88.8 Å². The van der Waals surface area contributed by atoms with Gasteiger partial charge in [-0.25, -0.2) is 40.6 Å². The first-order chi connectivity index (χ1) is 23.0. The molecule has 0 radical (unpaired) electrons. The van der Waals surface area contributed by atoms with Gasteiger partial charge in [-0.2, -0.15) is 10.2 Å². The molecule has 3 aromatic carbocycles. The third-order valence-corrected chi connectivity index (χ3v) is 8.74. The van der Waals surface area contributed by atoms with Gasteiger partial charge in [-0.1, -0.05) is 29.5 Å². The topological polar surface area (TPSA) is 98.0 Å². The number of allylic oxidation sites excluding steroid dienone is 1. The van der Waals surface area contributed by atoms with Gasteiger partial charge < -0.3 is 0 Å². The van der Waals surface area contributed by atoms with E-state index in [-0.39, 0.29) is 10.8 Å². The molecule has 3 aliphatic heterocycles. The fraction of sp³-hybridized carbons (Fsp3) is 0.250. The summed E-state index contributed by atoms with van der Waals surface area (Å²) in [6.07, 6.45) is 3.74. The molecule has 3 amide bonds. The number of hydrogen-bond acceptors (Lipinski definition) is 7. The number of benzene rings is 3. The average molecular weight is 671 g/mol. The summed E-state index contributed by atoms with van der Waals surface area (Å²) in [5.74, 6) is -16.8. The number of carbonyl (C=O) groups excluding carboxylic acids is 3. The molecule has 0 unspecified atom stereocenters. The van der Waals surface area contributed by atoms with Crippen molar-refractivity contribution < 1.29 is 45.1 Å². The quantitative estimate of drug-likeness (QED) is 0.149. The predicted octanol–water partition coefficient (Wildman–Crippen LogP) is 5.78. The molecule has 3 heterocycles. The van der Waals surface area contributed by atoms with E-state index in [1.165, 1.54) is 36.4 Å². The largest absolute Gasteiger partial charge is 0.271 e. The van der Waals surface area contributed by atoms with Gasteiger partial charge in [0, 0.05) is 5.92 Å². The lowest BCUT2D eigenvalue weighted by Gasteiger charge is -2.30. The minimum absolute atomic E-state index is 0.181. The van der Waals surface area contributed by atoms with Crippen LogP contribution in [0.2, 0.25) is 0 Å². The van der Waals surface area contributed by atoms with E-state index in [0.29, 0.717) is 36.1 Å². The molecular weight excluding hydrogens is 649 g/mol. The molecule has 1 saturated carbocycles. The Hall–Kier alpha value is -5.41. The zero-order valence-corrected chi connectivity index (χ0v) is 24.4. The third kappa shape index (κ3) is 4.93. The maximum Gasteiger partial charge on any atom is 0.264 e. The van der Waals surface area contributed by atoms with Crippen LogP contribution < -0.4 is 4.90 Å². The van der Waals surface area contributed by atoms with E-state index in [2.05, 4.69) is 15.4 Å². The van der Waals surface area contributed by atoms with Gasteiger partial charge in [-0.05, 0) is 66.3 Å². The molecule has 16 heteroatoms. The molecule has 48 heavy (non-hydrogen) atoms. The first kappa shape index (κ1) is 31.2. The van der Waals surface area contributed by atoms with Crippen molar-refractivity contribution in [2.45, 2.75) is 37.4 Å². The van der Waals surface area contributed by atoms with Crippen LogP contribution in [-0.2, 0) is 14.4 Å². The van der Waals surface area contributed by atoms with E-state index in [1.807, 2.05) is 6.08 Å². The van der Waals surface area contributed by atoms with E-state index in [0.717, 1.165) is 15.6 Å². The van der Waals surface area contributed by atoms with Gasteiger partial charge in [-0.15, -0.1) is 0 Å². The van der Waals surface area contributed by atoms with Crippen molar-refractivity contribution in [3.05, 3.63) is 106 Å². The average Bonchev–Trinajstić information content (AvgIpc) is 3.74. The molecule has 7 rings (SSSR count).